The van der Waals surface area contributed by atoms with E-state index in [1.807, 2.05) is 29.2 Å². The fourth-order valence-corrected chi connectivity index (χ4v) is 7.23. The van der Waals surface area contributed by atoms with Gasteiger partial charge in [-0.15, -0.1) is 36.2 Å². The first kappa shape index (κ1) is 28.0. The van der Waals surface area contributed by atoms with Crippen molar-refractivity contribution < 1.29 is 4.39 Å². The molecule has 188 valence electrons. The summed E-state index contributed by atoms with van der Waals surface area (Å²) in [5, 5.41) is 3.67. The second-order valence-electron chi connectivity index (χ2n) is 9.28. The first-order valence-electron chi connectivity index (χ1n) is 11.8. The molecule has 5 rings (SSSR count). The molecule has 0 spiro atoms. The average molecular weight is 553 g/mol. The van der Waals surface area contributed by atoms with Gasteiger partial charge in [0.2, 0.25) is 0 Å². The van der Waals surface area contributed by atoms with E-state index >= 15 is 0 Å². The summed E-state index contributed by atoms with van der Waals surface area (Å²) in [5.74, 6) is 1.58. The van der Waals surface area contributed by atoms with Crippen LogP contribution >= 0.6 is 47.9 Å². The van der Waals surface area contributed by atoms with E-state index in [4.69, 9.17) is 4.99 Å². The van der Waals surface area contributed by atoms with Crippen molar-refractivity contribution in [2.75, 3.05) is 19.6 Å². The first-order chi connectivity index (χ1) is 16.0. The van der Waals surface area contributed by atoms with Gasteiger partial charge in [-0.2, -0.15) is 0 Å². The lowest BCUT2D eigenvalue weighted by molar-refractivity contribution is 0.282. The normalized spacial score (nSPS) is 17.0. The lowest BCUT2D eigenvalue weighted by Gasteiger charge is -2.36. The van der Waals surface area contributed by atoms with E-state index in [0.717, 1.165) is 56.0 Å². The molecule has 1 aromatic heterocycles. The second-order valence-corrected chi connectivity index (χ2v) is 11.7. The average Bonchev–Trinajstić information content (AvgIpc) is 3.11. The first-order valence-corrected chi connectivity index (χ1v) is 13.4. The molecule has 8 heteroatoms. The van der Waals surface area contributed by atoms with Crippen molar-refractivity contribution in [1.82, 2.24) is 10.2 Å². The highest BCUT2D eigenvalue weighted by Gasteiger charge is 2.28. The van der Waals surface area contributed by atoms with Crippen LogP contribution in [0.25, 0.3) is 0 Å². The Hall–Kier alpha value is -1.57. The number of nitrogens with zero attached hydrogens (tertiary/aromatic N) is 2. The number of para-hydroxylation sites is 1. The maximum absolute atomic E-state index is 13.6. The van der Waals surface area contributed by atoms with Gasteiger partial charge >= 0.3 is 0 Å². The molecule has 0 radical (unpaired) electrons. The maximum Gasteiger partial charge on any atom is 0.138 e. The Kier molecular flexibility index (Phi) is 10.1. The lowest BCUT2D eigenvalue weighted by atomic mass is 10.0. The van der Waals surface area contributed by atoms with E-state index in [1.165, 1.54) is 25.6 Å². The minimum atomic E-state index is -0.156. The molecule has 3 aromatic rings. The summed E-state index contributed by atoms with van der Waals surface area (Å²) in [7, 11) is 0. The van der Waals surface area contributed by atoms with Gasteiger partial charge in [-0.3, -0.25) is 0 Å². The maximum atomic E-state index is 13.6. The topological polar surface area (TPSA) is 27.6 Å². The zero-order valence-corrected chi connectivity index (χ0v) is 23.3. The molecule has 1 atom stereocenters. The van der Waals surface area contributed by atoms with Gasteiger partial charge < -0.3 is 10.2 Å². The highest BCUT2D eigenvalue weighted by molar-refractivity contribution is 8.01. The number of fused-ring (bicyclic) bond motifs is 2. The van der Waals surface area contributed by atoms with E-state index in [-0.39, 0.29) is 30.6 Å². The Labute approximate surface area is 228 Å². The van der Waals surface area contributed by atoms with E-state index < -0.39 is 0 Å². The fourth-order valence-electron chi connectivity index (χ4n) is 4.55. The van der Waals surface area contributed by atoms with Gasteiger partial charge in [-0.1, -0.05) is 49.9 Å². The minimum absolute atomic E-state index is 0. The van der Waals surface area contributed by atoms with Crippen LogP contribution in [0.2, 0.25) is 0 Å². The van der Waals surface area contributed by atoms with Crippen LogP contribution in [0.1, 0.15) is 36.3 Å². The van der Waals surface area contributed by atoms with Crippen molar-refractivity contribution >= 4 is 59.4 Å². The van der Waals surface area contributed by atoms with Crippen LogP contribution in [0.4, 0.5) is 10.1 Å². The molecule has 2 aliphatic heterocycles. The summed E-state index contributed by atoms with van der Waals surface area (Å²) in [4.78, 5) is 10.3. The van der Waals surface area contributed by atoms with Crippen molar-refractivity contribution in [2.45, 2.75) is 48.3 Å². The number of halogens is 3. The van der Waals surface area contributed by atoms with Gasteiger partial charge in [0.05, 0.1) is 9.90 Å². The third-order valence-corrected chi connectivity index (χ3v) is 8.54. The van der Waals surface area contributed by atoms with Crippen LogP contribution in [0, 0.1) is 11.7 Å². The molecule has 3 heterocycles. The molecule has 3 nitrogen and oxygen atoms in total. The van der Waals surface area contributed by atoms with Crippen molar-refractivity contribution in [3.8, 4) is 0 Å². The Balaban J connectivity index is 0.00000171. The molecular weight excluding hydrogens is 520 g/mol. The molecule has 1 N–H and O–H groups in total. The van der Waals surface area contributed by atoms with E-state index in [9.17, 15) is 4.39 Å². The predicted octanol–water partition coefficient (Wildman–Crippen LogP) is 7.38. The van der Waals surface area contributed by atoms with Crippen molar-refractivity contribution in [1.29, 1.82) is 0 Å². The number of amidine groups is 1. The van der Waals surface area contributed by atoms with Crippen LogP contribution < -0.4 is 5.32 Å². The Morgan fingerprint density at radius 1 is 1.11 bits per heavy atom. The van der Waals surface area contributed by atoms with E-state index in [2.05, 4.69) is 54.4 Å². The number of hydrogen-bond donors (Lipinski definition) is 1. The third kappa shape index (κ3) is 6.80. The monoisotopic (exact) mass is 551 g/mol. The number of benzene rings is 2. The van der Waals surface area contributed by atoms with Crippen LogP contribution in [-0.2, 0) is 12.8 Å². The number of aryl methyl sites for hydroxylation is 1. The van der Waals surface area contributed by atoms with Gasteiger partial charge in [0.25, 0.3) is 0 Å². The van der Waals surface area contributed by atoms with Crippen molar-refractivity contribution in [3.05, 3.63) is 76.4 Å². The molecule has 35 heavy (non-hydrogen) atoms. The summed E-state index contributed by atoms with van der Waals surface area (Å²) in [6, 6.07) is 18.2. The fraction of sp³-hybridized carbons (Fsp3) is 0.370. The van der Waals surface area contributed by atoms with E-state index in [0.29, 0.717) is 12.0 Å². The van der Waals surface area contributed by atoms with Crippen LogP contribution in [0.3, 0.4) is 0 Å². The number of piperazine rings is 1. The number of thiophene rings is 1. The highest BCUT2D eigenvalue weighted by atomic mass is 35.5. The van der Waals surface area contributed by atoms with Crippen molar-refractivity contribution in [2.24, 2.45) is 10.9 Å². The van der Waals surface area contributed by atoms with Crippen LogP contribution in [0.5, 0.6) is 0 Å². The standard InChI is InChI=1S/C27H30FN3S2.2ClH/c1-18(2)14-22-16-23-26(30-24-8-3-4-9-25(24)33-27(23)32-22)31-13-12-29-21(17-31)11-10-19-6-5-7-20(28)15-19;;/h3-9,15-16,18,21,29H,10-14,17H2,1-2H3;2*1H. The third-order valence-electron chi connectivity index (χ3n) is 6.12. The van der Waals surface area contributed by atoms with Gasteiger partial charge in [-0.05, 0) is 61.1 Å². The highest BCUT2D eigenvalue weighted by Crippen LogP contribution is 2.45. The molecule has 2 aromatic carbocycles. The second kappa shape index (κ2) is 12.6. The lowest BCUT2D eigenvalue weighted by Crippen LogP contribution is -2.52. The van der Waals surface area contributed by atoms with Gasteiger partial charge in [0, 0.05) is 41.0 Å². The molecule has 0 amide bonds. The summed E-state index contributed by atoms with van der Waals surface area (Å²) >= 11 is 3.78. The van der Waals surface area contributed by atoms with Gasteiger partial charge in [-0.25, -0.2) is 9.38 Å². The zero-order chi connectivity index (χ0) is 22.8. The molecule has 1 fully saturated rings. The smallest absolute Gasteiger partial charge is 0.138 e. The van der Waals surface area contributed by atoms with Crippen molar-refractivity contribution in [3.63, 3.8) is 0 Å². The predicted molar refractivity (Wildman–Crippen MR) is 152 cm³/mol. The summed E-state index contributed by atoms with van der Waals surface area (Å²) in [5.41, 5.74) is 3.40. The summed E-state index contributed by atoms with van der Waals surface area (Å²) in [6.07, 6.45) is 2.95. The summed E-state index contributed by atoms with van der Waals surface area (Å²) in [6.45, 7) is 7.34. The summed E-state index contributed by atoms with van der Waals surface area (Å²) < 4.78 is 14.9. The van der Waals surface area contributed by atoms with Gasteiger partial charge in [0.15, 0.2) is 0 Å². The SMILES string of the molecule is CC(C)Cc1cc2c(s1)Sc1ccccc1N=C2N1CCNC(CCc2cccc(F)c2)C1.Cl.Cl. The molecular formula is C27H32Cl2FN3S2. The number of rotatable bonds is 5. The van der Waals surface area contributed by atoms with Crippen LogP contribution in [-0.4, -0.2) is 36.4 Å². The minimum Gasteiger partial charge on any atom is -0.353 e. The number of aliphatic imine (C=N–C) groups is 1. The van der Waals surface area contributed by atoms with Gasteiger partial charge in [0.1, 0.15) is 11.7 Å². The zero-order valence-electron chi connectivity index (χ0n) is 20.0. The van der Waals surface area contributed by atoms with Crippen LogP contribution in [0.15, 0.2) is 68.7 Å². The quantitative estimate of drug-likeness (QED) is 0.358. The Morgan fingerprint density at radius 3 is 2.74 bits per heavy atom. The molecule has 2 aliphatic rings. The Morgan fingerprint density at radius 2 is 1.94 bits per heavy atom. The largest absolute Gasteiger partial charge is 0.353 e. The molecule has 1 unspecified atom stereocenters. The molecule has 1 saturated heterocycles. The molecule has 0 aliphatic carbocycles. The molecule has 0 bridgehead atoms. The molecule has 0 saturated carbocycles. The number of hydrogen-bond acceptors (Lipinski definition) is 5. The van der Waals surface area contributed by atoms with E-state index in [1.54, 1.807) is 12.1 Å². The Bertz CT molecular complexity index is 1160. The number of nitrogens with one attached hydrogen (secondary N) is 1.